The number of benzene rings is 1. The van der Waals surface area contributed by atoms with E-state index in [-0.39, 0.29) is 6.10 Å². The molecule has 1 aromatic heterocycles. The van der Waals surface area contributed by atoms with E-state index in [0.717, 1.165) is 16.7 Å². The molecule has 0 radical (unpaired) electrons. The highest BCUT2D eigenvalue weighted by molar-refractivity contribution is 9.10. The highest BCUT2D eigenvalue weighted by Crippen LogP contribution is 2.17. The normalized spacial score (nSPS) is 12.6. The second-order valence-electron chi connectivity index (χ2n) is 3.92. The van der Waals surface area contributed by atoms with Crippen molar-refractivity contribution in [1.29, 1.82) is 0 Å². The van der Waals surface area contributed by atoms with Crippen LogP contribution in [0.4, 0.5) is 0 Å². The lowest BCUT2D eigenvalue weighted by Crippen LogP contribution is -2.09. The summed E-state index contributed by atoms with van der Waals surface area (Å²) in [5.41, 5.74) is 2.31. The van der Waals surface area contributed by atoms with Gasteiger partial charge in [-0.2, -0.15) is 5.10 Å². The molecule has 0 aliphatic carbocycles. The van der Waals surface area contributed by atoms with Gasteiger partial charge >= 0.3 is 0 Å². The average molecular weight is 295 g/mol. The minimum Gasteiger partial charge on any atom is -0.375 e. The fourth-order valence-corrected chi connectivity index (χ4v) is 2.20. The third-order valence-electron chi connectivity index (χ3n) is 2.74. The lowest BCUT2D eigenvalue weighted by molar-refractivity contribution is 0.112. The first-order valence-corrected chi connectivity index (χ1v) is 6.29. The van der Waals surface area contributed by atoms with Gasteiger partial charge < -0.3 is 4.74 Å². The number of halogens is 1. The number of hydrogen-bond donors (Lipinski definition) is 0. The van der Waals surface area contributed by atoms with Gasteiger partial charge in [0, 0.05) is 17.8 Å². The monoisotopic (exact) mass is 294 g/mol. The number of methoxy groups -OCH3 is 1. The number of nitrogens with zero attached hydrogens (tertiary/aromatic N) is 2. The fraction of sp³-hybridized carbons (Fsp3) is 0.308. The summed E-state index contributed by atoms with van der Waals surface area (Å²) < 4.78 is 8.38. The van der Waals surface area contributed by atoms with E-state index in [4.69, 9.17) is 4.74 Å². The van der Waals surface area contributed by atoms with Gasteiger partial charge in [-0.1, -0.05) is 28.1 Å². The van der Waals surface area contributed by atoms with Gasteiger partial charge in [-0.25, -0.2) is 0 Å². The molecule has 1 atom stereocenters. The van der Waals surface area contributed by atoms with E-state index in [2.05, 4.69) is 33.2 Å². The molecule has 4 heteroatoms. The second kappa shape index (κ2) is 5.47. The lowest BCUT2D eigenvalue weighted by Gasteiger charge is -2.12. The van der Waals surface area contributed by atoms with E-state index in [0.29, 0.717) is 0 Å². The van der Waals surface area contributed by atoms with Gasteiger partial charge in [-0.05, 0) is 30.7 Å². The van der Waals surface area contributed by atoms with Crippen LogP contribution in [0.2, 0.25) is 0 Å². The minimum atomic E-state index is 0.0599. The molecule has 1 aromatic carbocycles. The van der Waals surface area contributed by atoms with E-state index in [9.17, 15) is 0 Å². The van der Waals surface area contributed by atoms with Crippen molar-refractivity contribution in [3.63, 3.8) is 0 Å². The predicted octanol–water partition coefficient (Wildman–Crippen LogP) is 3.40. The Kier molecular flexibility index (Phi) is 3.97. The molecule has 0 saturated heterocycles. The molecule has 2 rings (SSSR count). The average Bonchev–Trinajstić information content (AvgIpc) is 2.76. The third-order valence-corrected chi connectivity index (χ3v) is 3.23. The zero-order valence-electron chi connectivity index (χ0n) is 9.93. The molecule has 3 nitrogen and oxygen atoms in total. The second-order valence-corrected chi connectivity index (χ2v) is 4.84. The smallest absolute Gasteiger partial charge is 0.0959 e. The van der Waals surface area contributed by atoms with Crippen molar-refractivity contribution in [3.05, 3.63) is 52.3 Å². The summed E-state index contributed by atoms with van der Waals surface area (Å²) in [5.74, 6) is 0. The van der Waals surface area contributed by atoms with Crippen molar-refractivity contribution < 1.29 is 4.74 Å². The highest BCUT2D eigenvalue weighted by atomic mass is 79.9. The zero-order chi connectivity index (χ0) is 12.3. The first-order valence-electron chi connectivity index (χ1n) is 5.49. The first-order chi connectivity index (χ1) is 8.20. The number of hydrogen-bond acceptors (Lipinski definition) is 2. The molecule has 0 aliphatic heterocycles. The van der Waals surface area contributed by atoms with Gasteiger partial charge in [0.15, 0.2) is 0 Å². The van der Waals surface area contributed by atoms with E-state index in [1.54, 1.807) is 7.11 Å². The molecule has 2 aromatic rings. The Labute approximate surface area is 110 Å². The Bertz CT molecular complexity index is 496. The third kappa shape index (κ3) is 2.96. The number of aromatic nitrogens is 2. The van der Waals surface area contributed by atoms with Crippen LogP contribution in [0, 0.1) is 0 Å². The molecule has 0 bridgehead atoms. The van der Waals surface area contributed by atoms with Crippen LogP contribution < -0.4 is 0 Å². The van der Waals surface area contributed by atoms with Gasteiger partial charge in [0.2, 0.25) is 0 Å². The number of rotatable bonds is 4. The van der Waals surface area contributed by atoms with Gasteiger partial charge in [0.05, 0.1) is 18.3 Å². The van der Waals surface area contributed by atoms with Crippen molar-refractivity contribution in [2.45, 2.75) is 19.6 Å². The standard InChI is InChI=1S/C13H15BrN2O/c1-10(17-2)13-6-7-15-16(13)9-11-4-3-5-12(14)8-11/h3-8,10H,9H2,1-2H3/t10-/m0/s1. The van der Waals surface area contributed by atoms with Crippen LogP contribution >= 0.6 is 15.9 Å². The quantitative estimate of drug-likeness (QED) is 0.864. The summed E-state index contributed by atoms with van der Waals surface area (Å²) in [7, 11) is 1.71. The van der Waals surface area contributed by atoms with Gasteiger partial charge in [0.25, 0.3) is 0 Å². The molecule has 0 fully saturated rings. The Morgan fingerprint density at radius 3 is 2.94 bits per heavy atom. The van der Waals surface area contributed by atoms with Gasteiger partial charge in [0.1, 0.15) is 0 Å². The largest absolute Gasteiger partial charge is 0.375 e. The Morgan fingerprint density at radius 1 is 1.41 bits per heavy atom. The maximum absolute atomic E-state index is 5.33. The first kappa shape index (κ1) is 12.3. The Morgan fingerprint density at radius 2 is 2.24 bits per heavy atom. The summed E-state index contributed by atoms with van der Waals surface area (Å²) >= 11 is 3.47. The van der Waals surface area contributed by atoms with Crippen LogP contribution in [0.1, 0.15) is 24.3 Å². The van der Waals surface area contributed by atoms with Crippen molar-refractivity contribution >= 4 is 15.9 Å². The maximum Gasteiger partial charge on any atom is 0.0959 e. The molecule has 0 N–H and O–H groups in total. The van der Waals surface area contributed by atoms with E-state index in [1.807, 2.05) is 36.0 Å². The molecule has 0 amide bonds. The molecular formula is C13H15BrN2O. The lowest BCUT2D eigenvalue weighted by atomic mass is 10.2. The molecule has 0 spiro atoms. The van der Waals surface area contributed by atoms with Crippen LogP contribution in [-0.4, -0.2) is 16.9 Å². The molecule has 0 saturated carbocycles. The molecule has 0 unspecified atom stereocenters. The van der Waals surface area contributed by atoms with Crippen LogP contribution in [0.3, 0.4) is 0 Å². The zero-order valence-corrected chi connectivity index (χ0v) is 11.5. The summed E-state index contributed by atoms with van der Waals surface area (Å²) in [5, 5.41) is 4.33. The molecule has 1 heterocycles. The van der Waals surface area contributed by atoms with Crippen LogP contribution in [-0.2, 0) is 11.3 Å². The molecule has 0 aliphatic rings. The van der Waals surface area contributed by atoms with Crippen LogP contribution in [0.5, 0.6) is 0 Å². The SMILES string of the molecule is CO[C@@H](C)c1ccnn1Cc1cccc(Br)c1. The fourth-order valence-electron chi connectivity index (χ4n) is 1.75. The van der Waals surface area contributed by atoms with Crippen molar-refractivity contribution in [2.24, 2.45) is 0 Å². The minimum absolute atomic E-state index is 0.0599. The number of ether oxygens (including phenoxy) is 1. The molecule has 90 valence electrons. The van der Waals surface area contributed by atoms with Gasteiger partial charge in [-0.3, -0.25) is 4.68 Å². The van der Waals surface area contributed by atoms with Crippen LogP contribution in [0.15, 0.2) is 41.0 Å². The molecule has 17 heavy (non-hydrogen) atoms. The maximum atomic E-state index is 5.33. The van der Waals surface area contributed by atoms with Crippen molar-refractivity contribution in [1.82, 2.24) is 9.78 Å². The van der Waals surface area contributed by atoms with E-state index < -0.39 is 0 Å². The van der Waals surface area contributed by atoms with E-state index in [1.165, 1.54) is 5.56 Å². The van der Waals surface area contributed by atoms with Crippen molar-refractivity contribution in [2.75, 3.05) is 7.11 Å². The summed E-state index contributed by atoms with van der Waals surface area (Å²) in [6, 6.07) is 10.2. The van der Waals surface area contributed by atoms with Crippen LogP contribution in [0.25, 0.3) is 0 Å². The summed E-state index contributed by atoms with van der Waals surface area (Å²) in [4.78, 5) is 0. The topological polar surface area (TPSA) is 27.1 Å². The molecular weight excluding hydrogens is 280 g/mol. The Balaban J connectivity index is 2.22. The van der Waals surface area contributed by atoms with Crippen molar-refractivity contribution in [3.8, 4) is 0 Å². The predicted molar refractivity (Wildman–Crippen MR) is 70.9 cm³/mol. The summed E-state index contributed by atoms with van der Waals surface area (Å²) in [6.45, 7) is 2.78. The Hall–Kier alpha value is -1.13. The summed E-state index contributed by atoms with van der Waals surface area (Å²) in [6.07, 6.45) is 1.87. The highest BCUT2D eigenvalue weighted by Gasteiger charge is 2.10. The van der Waals surface area contributed by atoms with Gasteiger partial charge in [-0.15, -0.1) is 0 Å². The van der Waals surface area contributed by atoms with E-state index >= 15 is 0 Å².